The molecule has 1 unspecified atom stereocenters. The maximum absolute atomic E-state index is 11.9. The zero-order chi connectivity index (χ0) is 12.3. The van der Waals surface area contributed by atoms with Crippen molar-refractivity contribution in [1.82, 2.24) is 15.2 Å². The number of primary amides is 1. The van der Waals surface area contributed by atoms with Crippen LogP contribution < -0.4 is 11.1 Å². The van der Waals surface area contributed by atoms with Gasteiger partial charge in [0.15, 0.2) is 0 Å². The number of nitrogens with zero attached hydrogens (tertiary/aromatic N) is 2. The van der Waals surface area contributed by atoms with Gasteiger partial charge in [0.05, 0.1) is 0 Å². The van der Waals surface area contributed by atoms with E-state index in [0.29, 0.717) is 0 Å². The van der Waals surface area contributed by atoms with E-state index in [1.165, 1.54) is 0 Å². The predicted octanol–water partition coefficient (Wildman–Crippen LogP) is -0.313. The third-order valence-corrected chi connectivity index (χ3v) is 3.45. The first-order chi connectivity index (χ1) is 8.15. The van der Waals surface area contributed by atoms with Crippen LogP contribution >= 0.6 is 0 Å². The van der Waals surface area contributed by atoms with E-state index in [1.807, 2.05) is 19.1 Å². The second-order valence-corrected chi connectivity index (χ2v) is 4.42. The highest BCUT2D eigenvalue weighted by Gasteiger charge is 2.40. The van der Waals surface area contributed by atoms with Crippen LogP contribution in [0.3, 0.4) is 0 Å². The van der Waals surface area contributed by atoms with E-state index in [-0.39, 0.29) is 5.91 Å². The van der Waals surface area contributed by atoms with Gasteiger partial charge in [-0.1, -0.05) is 6.07 Å². The van der Waals surface area contributed by atoms with E-state index < -0.39 is 5.54 Å². The van der Waals surface area contributed by atoms with Gasteiger partial charge in [-0.3, -0.25) is 14.7 Å². The maximum Gasteiger partial charge on any atom is 0.242 e. The van der Waals surface area contributed by atoms with Crippen LogP contribution in [0.15, 0.2) is 24.5 Å². The van der Waals surface area contributed by atoms with E-state index in [1.54, 1.807) is 12.4 Å². The van der Waals surface area contributed by atoms with Crippen molar-refractivity contribution in [2.45, 2.75) is 12.5 Å². The lowest BCUT2D eigenvalue weighted by atomic mass is 9.90. The molecule has 5 nitrogen and oxygen atoms in total. The summed E-state index contributed by atoms with van der Waals surface area (Å²) in [5, 5.41) is 3.27. The van der Waals surface area contributed by atoms with Crippen LogP contribution in [0.2, 0.25) is 0 Å². The Balaban J connectivity index is 2.35. The average Bonchev–Trinajstić information content (AvgIpc) is 2.39. The molecule has 0 aliphatic carbocycles. The van der Waals surface area contributed by atoms with Gasteiger partial charge >= 0.3 is 0 Å². The summed E-state index contributed by atoms with van der Waals surface area (Å²) < 4.78 is 0. The Kier molecular flexibility index (Phi) is 3.40. The second-order valence-electron chi connectivity index (χ2n) is 4.42. The molecule has 0 aromatic carbocycles. The molecule has 0 bridgehead atoms. The van der Waals surface area contributed by atoms with Crippen molar-refractivity contribution in [3.05, 3.63) is 30.1 Å². The number of carbonyl (C=O) groups is 1. The smallest absolute Gasteiger partial charge is 0.242 e. The Hall–Kier alpha value is -1.46. The lowest BCUT2D eigenvalue weighted by Gasteiger charge is -2.41. The quantitative estimate of drug-likeness (QED) is 0.752. The van der Waals surface area contributed by atoms with E-state index in [9.17, 15) is 4.79 Å². The van der Waals surface area contributed by atoms with Gasteiger partial charge in [-0.2, -0.15) is 0 Å². The Morgan fingerprint density at radius 3 is 2.76 bits per heavy atom. The van der Waals surface area contributed by atoms with Crippen molar-refractivity contribution in [3.8, 4) is 0 Å². The topological polar surface area (TPSA) is 71.2 Å². The molecule has 3 N–H and O–H groups in total. The minimum absolute atomic E-state index is 0.326. The molecule has 17 heavy (non-hydrogen) atoms. The molecule has 0 saturated carbocycles. The lowest BCUT2D eigenvalue weighted by molar-refractivity contribution is -0.130. The summed E-state index contributed by atoms with van der Waals surface area (Å²) in [5.41, 5.74) is 5.69. The standard InChI is InChI=1S/C12H18N4O/c1-12(11(13)17,10-3-2-4-15-9-10)16-7-5-14-6-8-16/h2-4,9,14H,5-8H2,1H3,(H2,13,17). The first kappa shape index (κ1) is 12.0. The molecule has 1 amide bonds. The highest BCUT2D eigenvalue weighted by molar-refractivity contribution is 5.85. The van der Waals surface area contributed by atoms with Crippen LogP contribution in [0.5, 0.6) is 0 Å². The van der Waals surface area contributed by atoms with Gasteiger partial charge in [0, 0.05) is 38.6 Å². The van der Waals surface area contributed by atoms with Crippen LogP contribution in [0.1, 0.15) is 12.5 Å². The van der Waals surface area contributed by atoms with E-state index in [0.717, 1.165) is 31.7 Å². The number of rotatable bonds is 3. The first-order valence-electron chi connectivity index (χ1n) is 5.82. The number of aromatic nitrogens is 1. The van der Waals surface area contributed by atoms with Gasteiger partial charge in [0.1, 0.15) is 5.54 Å². The van der Waals surface area contributed by atoms with Crippen LogP contribution in [0.4, 0.5) is 0 Å². The molecule has 0 spiro atoms. The molecular weight excluding hydrogens is 216 g/mol. The van der Waals surface area contributed by atoms with Gasteiger partial charge in [-0.05, 0) is 18.6 Å². The minimum Gasteiger partial charge on any atom is -0.368 e. The summed E-state index contributed by atoms with van der Waals surface area (Å²) in [7, 11) is 0. The Morgan fingerprint density at radius 1 is 1.53 bits per heavy atom. The monoisotopic (exact) mass is 234 g/mol. The fourth-order valence-corrected chi connectivity index (χ4v) is 2.24. The molecule has 2 rings (SSSR count). The highest BCUT2D eigenvalue weighted by atomic mass is 16.1. The first-order valence-corrected chi connectivity index (χ1v) is 5.82. The highest BCUT2D eigenvalue weighted by Crippen LogP contribution is 2.27. The van der Waals surface area contributed by atoms with Gasteiger partial charge in [-0.25, -0.2) is 0 Å². The third-order valence-electron chi connectivity index (χ3n) is 3.45. The number of hydrogen-bond acceptors (Lipinski definition) is 4. The summed E-state index contributed by atoms with van der Waals surface area (Å²) in [5.74, 6) is -0.326. The molecule has 1 fully saturated rings. The van der Waals surface area contributed by atoms with Crippen LogP contribution in [0, 0.1) is 0 Å². The van der Waals surface area contributed by atoms with Crippen molar-refractivity contribution < 1.29 is 4.79 Å². The molecule has 1 aromatic rings. The summed E-state index contributed by atoms with van der Waals surface area (Å²) in [4.78, 5) is 18.0. The molecule has 92 valence electrons. The van der Waals surface area contributed by atoms with Gasteiger partial charge in [-0.15, -0.1) is 0 Å². The second kappa shape index (κ2) is 4.81. The lowest BCUT2D eigenvalue weighted by Crippen LogP contribution is -2.58. The van der Waals surface area contributed by atoms with E-state index in [2.05, 4.69) is 15.2 Å². The molecule has 1 saturated heterocycles. The SMILES string of the molecule is CC(C(N)=O)(c1cccnc1)N1CCNCC1. The maximum atomic E-state index is 11.9. The largest absolute Gasteiger partial charge is 0.368 e. The Bertz CT molecular complexity index is 389. The van der Waals surface area contributed by atoms with Crippen LogP contribution in [0.25, 0.3) is 0 Å². The van der Waals surface area contributed by atoms with Gasteiger partial charge in [0.2, 0.25) is 5.91 Å². The number of amides is 1. The van der Waals surface area contributed by atoms with Crippen molar-refractivity contribution in [3.63, 3.8) is 0 Å². The molecule has 2 heterocycles. The third kappa shape index (κ3) is 2.16. The molecule has 1 aliphatic rings. The molecule has 0 radical (unpaired) electrons. The van der Waals surface area contributed by atoms with Crippen molar-refractivity contribution in [2.24, 2.45) is 5.73 Å². The average molecular weight is 234 g/mol. The summed E-state index contributed by atoms with van der Waals surface area (Å²) in [6.07, 6.45) is 3.41. The number of pyridine rings is 1. The normalized spacial score (nSPS) is 20.8. The molecule has 1 atom stereocenters. The fourth-order valence-electron chi connectivity index (χ4n) is 2.24. The minimum atomic E-state index is -0.768. The number of nitrogens with two attached hydrogens (primary N) is 1. The van der Waals surface area contributed by atoms with E-state index >= 15 is 0 Å². The van der Waals surface area contributed by atoms with Gasteiger partial charge < -0.3 is 11.1 Å². The van der Waals surface area contributed by atoms with E-state index in [4.69, 9.17) is 5.73 Å². The number of carbonyl (C=O) groups excluding carboxylic acids is 1. The molecular formula is C12H18N4O. The summed E-state index contributed by atoms with van der Waals surface area (Å²) in [6.45, 7) is 5.26. The molecule has 5 heteroatoms. The number of nitrogens with one attached hydrogen (secondary N) is 1. The molecule has 1 aromatic heterocycles. The van der Waals surface area contributed by atoms with Crippen LogP contribution in [-0.2, 0) is 10.3 Å². The summed E-state index contributed by atoms with van der Waals surface area (Å²) >= 11 is 0. The number of piperazine rings is 1. The fraction of sp³-hybridized carbons (Fsp3) is 0.500. The molecule has 1 aliphatic heterocycles. The predicted molar refractivity (Wildman–Crippen MR) is 65.2 cm³/mol. The zero-order valence-corrected chi connectivity index (χ0v) is 10.0. The Labute approximate surface area is 101 Å². The summed E-state index contributed by atoms with van der Waals surface area (Å²) in [6, 6.07) is 3.73. The van der Waals surface area contributed by atoms with Crippen molar-refractivity contribution in [1.29, 1.82) is 0 Å². The van der Waals surface area contributed by atoms with Gasteiger partial charge in [0.25, 0.3) is 0 Å². The number of hydrogen-bond donors (Lipinski definition) is 2. The van der Waals surface area contributed by atoms with Crippen molar-refractivity contribution >= 4 is 5.91 Å². The van der Waals surface area contributed by atoms with Crippen molar-refractivity contribution in [2.75, 3.05) is 26.2 Å². The zero-order valence-electron chi connectivity index (χ0n) is 10.0. The Morgan fingerprint density at radius 2 is 2.24 bits per heavy atom. The van der Waals surface area contributed by atoms with Crippen LogP contribution in [-0.4, -0.2) is 42.0 Å².